The van der Waals surface area contributed by atoms with E-state index in [1.165, 1.54) is 0 Å². The van der Waals surface area contributed by atoms with Crippen LogP contribution in [0.3, 0.4) is 0 Å². The minimum atomic E-state index is -0.814. The third kappa shape index (κ3) is 2.37. The second-order valence-corrected chi connectivity index (χ2v) is 4.89. The number of carbonyl (C=O) groups is 2. The molecule has 0 spiro atoms. The van der Waals surface area contributed by atoms with Gasteiger partial charge in [0.1, 0.15) is 0 Å². The van der Waals surface area contributed by atoms with Gasteiger partial charge < -0.3 is 10.0 Å². The molecule has 0 saturated carbocycles. The lowest BCUT2D eigenvalue weighted by molar-refractivity contribution is -0.141. The predicted molar refractivity (Wildman–Crippen MR) is 67.6 cm³/mol. The van der Waals surface area contributed by atoms with Crippen molar-refractivity contribution in [2.24, 2.45) is 5.92 Å². The first-order valence-corrected chi connectivity index (χ1v) is 6.08. The molecule has 0 bridgehead atoms. The number of rotatable bonds is 2. The maximum absolute atomic E-state index is 12.3. The topological polar surface area (TPSA) is 57.6 Å². The Morgan fingerprint density at radius 1 is 1.33 bits per heavy atom. The van der Waals surface area contributed by atoms with Crippen LogP contribution in [0, 0.1) is 19.8 Å². The van der Waals surface area contributed by atoms with Gasteiger partial charge >= 0.3 is 5.97 Å². The zero-order chi connectivity index (χ0) is 13.3. The van der Waals surface area contributed by atoms with Gasteiger partial charge in [0.25, 0.3) is 5.91 Å². The van der Waals surface area contributed by atoms with Gasteiger partial charge in [-0.3, -0.25) is 9.59 Å². The monoisotopic (exact) mass is 247 g/mol. The standard InChI is InChI=1S/C14H17NO3/c1-9-3-4-12(10(2)7-9)13(16)15-6-5-11(8-15)14(17)18/h3-4,7,11H,5-6,8H2,1-2H3,(H,17,18). The smallest absolute Gasteiger partial charge is 0.308 e. The van der Waals surface area contributed by atoms with Gasteiger partial charge in [-0.05, 0) is 31.9 Å². The molecule has 0 aromatic heterocycles. The van der Waals surface area contributed by atoms with Crippen molar-refractivity contribution in [3.05, 3.63) is 34.9 Å². The van der Waals surface area contributed by atoms with Crippen molar-refractivity contribution in [1.82, 2.24) is 4.90 Å². The quantitative estimate of drug-likeness (QED) is 0.867. The molecule has 1 aliphatic rings. The summed E-state index contributed by atoms with van der Waals surface area (Å²) in [6.07, 6.45) is 0.548. The van der Waals surface area contributed by atoms with E-state index in [0.29, 0.717) is 25.1 Å². The maximum Gasteiger partial charge on any atom is 0.308 e. The van der Waals surface area contributed by atoms with Crippen LogP contribution in [0.25, 0.3) is 0 Å². The minimum absolute atomic E-state index is 0.0590. The van der Waals surface area contributed by atoms with E-state index in [1.54, 1.807) is 4.90 Å². The van der Waals surface area contributed by atoms with Crippen molar-refractivity contribution in [1.29, 1.82) is 0 Å². The molecule has 96 valence electrons. The maximum atomic E-state index is 12.3. The average Bonchev–Trinajstić information content (AvgIpc) is 2.77. The average molecular weight is 247 g/mol. The number of carboxylic acid groups (broad SMARTS) is 1. The van der Waals surface area contributed by atoms with Crippen LogP contribution < -0.4 is 0 Å². The normalized spacial score (nSPS) is 19.0. The van der Waals surface area contributed by atoms with Gasteiger partial charge in [-0.2, -0.15) is 0 Å². The number of hydrogen-bond acceptors (Lipinski definition) is 2. The van der Waals surface area contributed by atoms with Crippen molar-refractivity contribution in [3.63, 3.8) is 0 Å². The lowest BCUT2D eigenvalue weighted by Crippen LogP contribution is -2.30. The second-order valence-electron chi connectivity index (χ2n) is 4.89. The van der Waals surface area contributed by atoms with Gasteiger partial charge in [0.05, 0.1) is 5.92 Å². The zero-order valence-corrected chi connectivity index (χ0v) is 10.6. The molecule has 1 aromatic rings. The summed E-state index contributed by atoms with van der Waals surface area (Å²) in [4.78, 5) is 24.8. The molecule has 1 heterocycles. The first-order valence-electron chi connectivity index (χ1n) is 6.08. The highest BCUT2D eigenvalue weighted by atomic mass is 16.4. The van der Waals surface area contributed by atoms with Gasteiger partial charge in [0.2, 0.25) is 0 Å². The van der Waals surface area contributed by atoms with E-state index in [9.17, 15) is 9.59 Å². The number of aliphatic carboxylic acids is 1. The molecule has 4 heteroatoms. The molecule has 1 aliphatic heterocycles. The van der Waals surface area contributed by atoms with E-state index in [0.717, 1.165) is 11.1 Å². The van der Waals surface area contributed by atoms with Crippen LogP contribution in [0.15, 0.2) is 18.2 Å². The highest BCUT2D eigenvalue weighted by Gasteiger charge is 2.31. The van der Waals surface area contributed by atoms with Crippen LogP contribution in [0.1, 0.15) is 27.9 Å². The summed E-state index contributed by atoms with van der Waals surface area (Å²) in [5, 5.41) is 8.94. The number of benzene rings is 1. The van der Waals surface area contributed by atoms with Crippen molar-refractivity contribution in [3.8, 4) is 0 Å². The largest absolute Gasteiger partial charge is 0.481 e. The molecule has 1 amide bonds. The van der Waals surface area contributed by atoms with Crippen LogP contribution in [0.2, 0.25) is 0 Å². The Balaban J connectivity index is 2.15. The molecule has 4 nitrogen and oxygen atoms in total. The third-order valence-corrected chi connectivity index (χ3v) is 3.44. The van der Waals surface area contributed by atoms with Crippen LogP contribution in [0.5, 0.6) is 0 Å². The first kappa shape index (κ1) is 12.6. The number of aryl methyl sites for hydroxylation is 2. The Morgan fingerprint density at radius 3 is 2.61 bits per heavy atom. The molecule has 1 N–H and O–H groups in total. The fourth-order valence-corrected chi connectivity index (χ4v) is 2.37. The summed E-state index contributed by atoms with van der Waals surface area (Å²) in [5.74, 6) is -1.29. The number of amides is 1. The number of nitrogens with zero attached hydrogens (tertiary/aromatic N) is 1. The summed E-state index contributed by atoms with van der Waals surface area (Å²) in [7, 11) is 0. The van der Waals surface area contributed by atoms with Gasteiger partial charge in [-0.15, -0.1) is 0 Å². The van der Waals surface area contributed by atoms with E-state index in [1.807, 2.05) is 32.0 Å². The third-order valence-electron chi connectivity index (χ3n) is 3.44. The Hall–Kier alpha value is -1.84. The molecule has 0 aliphatic carbocycles. The highest BCUT2D eigenvalue weighted by Crippen LogP contribution is 2.20. The highest BCUT2D eigenvalue weighted by molar-refractivity contribution is 5.96. The molecule has 1 aromatic carbocycles. The lowest BCUT2D eigenvalue weighted by atomic mass is 10.0. The summed E-state index contributed by atoms with van der Waals surface area (Å²) in [6, 6.07) is 5.70. The van der Waals surface area contributed by atoms with E-state index in [2.05, 4.69) is 0 Å². The molecule has 2 rings (SSSR count). The van der Waals surface area contributed by atoms with Crippen LogP contribution in [0.4, 0.5) is 0 Å². The minimum Gasteiger partial charge on any atom is -0.481 e. The van der Waals surface area contributed by atoms with E-state index < -0.39 is 11.9 Å². The molecule has 1 saturated heterocycles. The van der Waals surface area contributed by atoms with Gasteiger partial charge in [-0.1, -0.05) is 17.7 Å². The number of carboxylic acids is 1. The molecule has 1 unspecified atom stereocenters. The van der Waals surface area contributed by atoms with Gasteiger partial charge in [0.15, 0.2) is 0 Å². The molecule has 18 heavy (non-hydrogen) atoms. The second kappa shape index (κ2) is 4.80. The summed E-state index contributed by atoms with van der Waals surface area (Å²) in [6.45, 7) is 4.74. The Kier molecular flexibility index (Phi) is 3.36. The van der Waals surface area contributed by atoms with Crippen LogP contribution >= 0.6 is 0 Å². The fraction of sp³-hybridized carbons (Fsp3) is 0.429. The lowest BCUT2D eigenvalue weighted by Gasteiger charge is -2.17. The molecular formula is C14H17NO3. The van der Waals surface area contributed by atoms with Crippen LogP contribution in [-0.4, -0.2) is 35.0 Å². The van der Waals surface area contributed by atoms with Crippen LogP contribution in [-0.2, 0) is 4.79 Å². The van der Waals surface area contributed by atoms with Crippen molar-refractivity contribution >= 4 is 11.9 Å². The Labute approximate surface area is 106 Å². The number of hydrogen-bond donors (Lipinski definition) is 1. The summed E-state index contributed by atoms with van der Waals surface area (Å²) < 4.78 is 0. The summed E-state index contributed by atoms with van der Waals surface area (Å²) >= 11 is 0. The van der Waals surface area contributed by atoms with Crippen molar-refractivity contribution in [2.75, 3.05) is 13.1 Å². The van der Waals surface area contributed by atoms with Gasteiger partial charge in [-0.25, -0.2) is 0 Å². The number of carbonyl (C=O) groups excluding carboxylic acids is 1. The molecule has 1 atom stereocenters. The number of likely N-dealkylation sites (tertiary alicyclic amines) is 1. The van der Waals surface area contributed by atoms with E-state index in [-0.39, 0.29) is 5.91 Å². The van der Waals surface area contributed by atoms with Crippen molar-refractivity contribution < 1.29 is 14.7 Å². The SMILES string of the molecule is Cc1ccc(C(=O)N2CCC(C(=O)O)C2)c(C)c1. The Morgan fingerprint density at radius 2 is 2.06 bits per heavy atom. The van der Waals surface area contributed by atoms with E-state index in [4.69, 9.17) is 5.11 Å². The molecular weight excluding hydrogens is 230 g/mol. The molecule has 1 fully saturated rings. The zero-order valence-electron chi connectivity index (χ0n) is 10.6. The van der Waals surface area contributed by atoms with Gasteiger partial charge in [0, 0.05) is 18.7 Å². The summed E-state index contributed by atoms with van der Waals surface area (Å²) in [5.41, 5.74) is 2.74. The molecule has 0 radical (unpaired) electrons. The first-order chi connectivity index (χ1) is 8.49. The van der Waals surface area contributed by atoms with Crippen molar-refractivity contribution in [2.45, 2.75) is 20.3 Å². The predicted octanol–water partition coefficient (Wildman–Crippen LogP) is 1.85. The van der Waals surface area contributed by atoms with E-state index >= 15 is 0 Å². The Bertz CT molecular complexity index is 496. The fourth-order valence-electron chi connectivity index (χ4n) is 2.37.